The lowest BCUT2D eigenvalue weighted by Gasteiger charge is -2.04. The highest BCUT2D eigenvalue weighted by Gasteiger charge is 2.14. The fraction of sp³-hybridized carbons (Fsp3) is 0.500. The minimum atomic E-state index is -0.519. The average molecular weight is 317 g/mol. The summed E-state index contributed by atoms with van der Waals surface area (Å²) in [4.78, 5) is 35.8. The van der Waals surface area contributed by atoms with Crippen molar-refractivity contribution >= 4 is 16.8 Å². The summed E-state index contributed by atoms with van der Waals surface area (Å²) in [5.74, 6) is 0. The van der Waals surface area contributed by atoms with E-state index in [1.54, 1.807) is 0 Å². The van der Waals surface area contributed by atoms with Crippen molar-refractivity contribution in [3.63, 3.8) is 0 Å². The molecule has 7 nitrogen and oxygen atoms in total. The molecular formula is C16H19N3O4. The lowest BCUT2D eigenvalue weighted by Crippen LogP contribution is -2.14. The zero-order valence-corrected chi connectivity index (χ0v) is 13.1. The van der Waals surface area contributed by atoms with Gasteiger partial charge < -0.3 is 9.25 Å². The van der Waals surface area contributed by atoms with Crippen LogP contribution in [0.4, 0.5) is 0 Å². The van der Waals surface area contributed by atoms with Crippen LogP contribution in [0.25, 0.3) is 11.1 Å². The third-order valence-electron chi connectivity index (χ3n) is 3.92. The predicted molar refractivity (Wildman–Crippen MR) is 86.0 cm³/mol. The Morgan fingerprint density at radius 3 is 2.87 bits per heavy atom. The summed E-state index contributed by atoms with van der Waals surface area (Å²) in [6.07, 6.45) is 6.46. The number of unbranched alkanes of at least 4 members (excludes halogenated alkanes) is 1. The summed E-state index contributed by atoms with van der Waals surface area (Å²) < 4.78 is 5.06. The second kappa shape index (κ2) is 6.76. The number of aryl methyl sites for hydroxylation is 1. The molecule has 2 aromatic heterocycles. The van der Waals surface area contributed by atoms with Crippen LogP contribution in [0.1, 0.15) is 51.0 Å². The molecule has 23 heavy (non-hydrogen) atoms. The molecule has 0 aromatic carbocycles. The fourth-order valence-electron chi connectivity index (χ4n) is 2.72. The molecule has 1 aliphatic rings. The Bertz CT molecular complexity index is 843. The fourth-order valence-corrected chi connectivity index (χ4v) is 2.72. The molecule has 1 aliphatic carbocycles. The normalized spacial score (nSPS) is 14.4. The molecule has 0 atom stereocenters. The van der Waals surface area contributed by atoms with Crippen LogP contribution in [0.15, 0.2) is 25.2 Å². The molecule has 2 heterocycles. The van der Waals surface area contributed by atoms with Gasteiger partial charge in [-0.25, -0.2) is 4.79 Å². The van der Waals surface area contributed by atoms with Crippen LogP contribution in [0.5, 0.6) is 6.01 Å². The molecule has 1 saturated carbocycles. The van der Waals surface area contributed by atoms with Crippen LogP contribution in [0.2, 0.25) is 0 Å². The molecule has 122 valence electrons. The van der Waals surface area contributed by atoms with Gasteiger partial charge in [0.25, 0.3) is 5.56 Å². The Morgan fingerprint density at radius 2 is 2.13 bits per heavy atom. The lowest BCUT2D eigenvalue weighted by atomic mass is 10.1. The van der Waals surface area contributed by atoms with E-state index in [9.17, 15) is 9.59 Å². The molecule has 0 unspecified atom stereocenters. The Kier molecular flexibility index (Phi) is 4.55. The number of rotatable bonds is 5. The highest BCUT2D eigenvalue weighted by molar-refractivity contribution is 5.85. The predicted octanol–water partition coefficient (Wildman–Crippen LogP) is 2.53. The minimum Gasteiger partial charge on any atom is -0.403 e. The Morgan fingerprint density at radius 1 is 1.35 bits per heavy atom. The van der Waals surface area contributed by atoms with Gasteiger partial charge in [-0.2, -0.15) is 4.98 Å². The van der Waals surface area contributed by atoms with Gasteiger partial charge in [-0.1, -0.05) is 18.5 Å². The Hall–Kier alpha value is -2.44. The average Bonchev–Trinajstić information content (AvgIpc) is 3.03. The molecule has 0 radical (unpaired) electrons. The monoisotopic (exact) mass is 317 g/mol. The van der Waals surface area contributed by atoms with Crippen LogP contribution in [0.3, 0.4) is 0 Å². The first kappa shape index (κ1) is 15.5. The van der Waals surface area contributed by atoms with Crippen molar-refractivity contribution < 1.29 is 9.25 Å². The van der Waals surface area contributed by atoms with Gasteiger partial charge in [0.2, 0.25) is 5.71 Å². The van der Waals surface area contributed by atoms with E-state index in [-0.39, 0.29) is 17.3 Å². The van der Waals surface area contributed by atoms with E-state index in [1.165, 1.54) is 6.07 Å². The van der Waals surface area contributed by atoms with Gasteiger partial charge in [0, 0.05) is 6.07 Å². The second-order valence-electron chi connectivity index (χ2n) is 5.70. The molecule has 1 fully saturated rings. The zero-order chi connectivity index (χ0) is 16.2. The maximum atomic E-state index is 12.3. The van der Waals surface area contributed by atoms with E-state index in [4.69, 9.17) is 9.25 Å². The van der Waals surface area contributed by atoms with Gasteiger partial charge in [0.05, 0.1) is 5.71 Å². The van der Waals surface area contributed by atoms with Crippen LogP contribution in [-0.2, 0) is 6.42 Å². The van der Waals surface area contributed by atoms with Gasteiger partial charge >= 0.3 is 11.6 Å². The third-order valence-corrected chi connectivity index (χ3v) is 3.92. The molecule has 0 aliphatic heterocycles. The molecule has 7 heteroatoms. The number of hydrogen-bond donors (Lipinski definition) is 1. The second-order valence-corrected chi connectivity index (χ2v) is 5.70. The lowest BCUT2D eigenvalue weighted by molar-refractivity contribution is 0.309. The van der Waals surface area contributed by atoms with Crippen LogP contribution in [0, 0.1) is 0 Å². The first-order valence-corrected chi connectivity index (χ1v) is 7.97. The number of H-pyrrole nitrogens is 1. The van der Waals surface area contributed by atoms with Crippen molar-refractivity contribution in [2.75, 3.05) is 0 Å². The molecule has 0 saturated heterocycles. The quantitative estimate of drug-likeness (QED) is 0.855. The van der Waals surface area contributed by atoms with Gasteiger partial charge in [-0.05, 0) is 44.1 Å². The number of fused-ring (bicyclic) bond motifs is 1. The van der Waals surface area contributed by atoms with E-state index in [2.05, 4.69) is 15.1 Å². The highest BCUT2D eigenvalue weighted by Crippen LogP contribution is 2.17. The van der Waals surface area contributed by atoms with Gasteiger partial charge in [-0.3, -0.25) is 9.78 Å². The van der Waals surface area contributed by atoms with Crippen LogP contribution < -0.4 is 16.0 Å². The standard InChI is InChI=1S/C16H19N3O4/c1-2-3-6-10-9-12(20)22-15-13(10)14(21)17-16(18-15)23-19-11-7-4-5-8-11/h9H,2-8H2,1H3,(H,17,18,21). The smallest absolute Gasteiger partial charge is 0.337 e. The number of hydrogen-bond acceptors (Lipinski definition) is 6. The number of aromatic amines is 1. The molecule has 2 aromatic rings. The van der Waals surface area contributed by atoms with Gasteiger partial charge in [0.15, 0.2) is 0 Å². The first-order chi connectivity index (χ1) is 11.2. The summed E-state index contributed by atoms with van der Waals surface area (Å²) in [5, 5.41) is 4.30. The summed E-state index contributed by atoms with van der Waals surface area (Å²) >= 11 is 0. The van der Waals surface area contributed by atoms with Crippen LogP contribution in [-0.4, -0.2) is 15.7 Å². The molecule has 3 rings (SSSR count). The zero-order valence-electron chi connectivity index (χ0n) is 13.1. The van der Waals surface area contributed by atoms with Crippen molar-refractivity contribution in [1.29, 1.82) is 0 Å². The Labute approximate surface area is 132 Å². The van der Waals surface area contributed by atoms with Crippen molar-refractivity contribution in [3.8, 4) is 6.01 Å². The molecule has 1 N–H and O–H groups in total. The first-order valence-electron chi connectivity index (χ1n) is 7.97. The largest absolute Gasteiger partial charge is 0.403 e. The Balaban J connectivity index is 1.99. The van der Waals surface area contributed by atoms with Crippen molar-refractivity contribution in [1.82, 2.24) is 9.97 Å². The maximum Gasteiger partial charge on any atom is 0.337 e. The van der Waals surface area contributed by atoms with E-state index in [0.717, 1.165) is 44.2 Å². The topological polar surface area (TPSA) is 97.5 Å². The number of nitrogens with one attached hydrogen (secondary N) is 1. The van der Waals surface area contributed by atoms with E-state index in [0.29, 0.717) is 17.4 Å². The van der Waals surface area contributed by atoms with Crippen LogP contribution >= 0.6 is 0 Å². The van der Waals surface area contributed by atoms with Gasteiger partial charge in [-0.15, -0.1) is 0 Å². The maximum absolute atomic E-state index is 12.3. The SMILES string of the molecule is CCCCc1cc(=O)oc2nc(ON=C3CCCC3)[nH]c(=O)c12. The van der Waals surface area contributed by atoms with Crippen molar-refractivity contribution in [2.24, 2.45) is 5.16 Å². The molecular weight excluding hydrogens is 298 g/mol. The van der Waals surface area contributed by atoms with E-state index >= 15 is 0 Å². The molecule has 0 bridgehead atoms. The molecule has 0 amide bonds. The molecule has 0 spiro atoms. The summed E-state index contributed by atoms with van der Waals surface area (Å²) in [7, 11) is 0. The number of nitrogens with zero attached hydrogens (tertiary/aromatic N) is 2. The van der Waals surface area contributed by atoms with E-state index < -0.39 is 5.63 Å². The summed E-state index contributed by atoms with van der Waals surface area (Å²) in [5.41, 5.74) is 0.696. The van der Waals surface area contributed by atoms with Gasteiger partial charge in [0.1, 0.15) is 5.39 Å². The third kappa shape index (κ3) is 3.49. The highest BCUT2D eigenvalue weighted by atomic mass is 16.6. The van der Waals surface area contributed by atoms with Crippen molar-refractivity contribution in [3.05, 3.63) is 32.4 Å². The number of oxime groups is 1. The van der Waals surface area contributed by atoms with Crippen molar-refractivity contribution in [2.45, 2.75) is 51.9 Å². The summed E-state index contributed by atoms with van der Waals surface area (Å²) in [6, 6.07) is 1.30. The summed E-state index contributed by atoms with van der Waals surface area (Å²) in [6.45, 7) is 2.05. The number of aromatic nitrogens is 2. The minimum absolute atomic E-state index is 0.00558. The van der Waals surface area contributed by atoms with E-state index in [1.807, 2.05) is 6.92 Å².